The van der Waals surface area contributed by atoms with E-state index in [1.165, 1.54) is 17.4 Å². The first-order valence-electron chi connectivity index (χ1n) is 13.0. The highest BCUT2D eigenvalue weighted by atomic mass is 32.2. The van der Waals surface area contributed by atoms with Crippen LogP contribution in [0.1, 0.15) is 38.2 Å². The fourth-order valence-corrected chi connectivity index (χ4v) is 6.37. The third-order valence-corrected chi connectivity index (χ3v) is 9.22. The molecule has 4 aromatic rings. The van der Waals surface area contributed by atoms with Crippen LogP contribution in [0, 0.1) is 12.7 Å². The number of rotatable bonds is 8. The topological polar surface area (TPSA) is 97.4 Å². The van der Waals surface area contributed by atoms with E-state index in [0.29, 0.717) is 53.0 Å². The van der Waals surface area contributed by atoms with Gasteiger partial charge < -0.3 is 20.1 Å². The van der Waals surface area contributed by atoms with E-state index in [2.05, 4.69) is 15.6 Å². The molecule has 2 aromatic carbocycles. The molecule has 1 unspecified atom stereocenters. The molecule has 206 valence electrons. The summed E-state index contributed by atoms with van der Waals surface area (Å²) in [4.78, 5) is 34.4. The smallest absolute Gasteiger partial charge is 0.276 e. The summed E-state index contributed by atoms with van der Waals surface area (Å²) in [6, 6.07) is 19.4. The number of para-hydroxylation sites is 2. The first kappa shape index (κ1) is 27.8. The Kier molecular flexibility index (Phi) is 8.49. The van der Waals surface area contributed by atoms with Gasteiger partial charge in [0.2, 0.25) is 0 Å². The van der Waals surface area contributed by atoms with Crippen LogP contribution >= 0.6 is 11.3 Å². The SMILES string of the molecule is CC[S+]([O-])CCNc1cccc(C(=O)N2CCc3cc(C(=O)Nc4c(C)cccc4F)sc3-c3ccccc32)n1. The maximum absolute atomic E-state index is 14.3. The van der Waals surface area contributed by atoms with Crippen molar-refractivity contribution in [1.29, 1.82) is 0 Å². The number of hydrogen-bond acceptors (Lipinski definition) is 6. The fourth-order valence-electron chi connectivity index (χ4n) is 4.61. The van der Waals surface area contributed by atoms with E-state index >= 15 is 0 Å². The van der Waals surface area contributed by atoms with Crippen molar-refractivity contribution < 1.29 is 18.5 Å². The Balaban J connectivity index is 1.39. The lowest BCUT2D eigenvalue weighted by Crippen LogP contribution is -2.33. The molecule has 40 heavy (non-hydrogen) atoms. The van der Waals surface area contributed by atoms with E-state index in [0.717, 1.165) is 21.7 Å². The van der Waals surface area contributed by atoms with E-state index in [9.17, 15) is 18.5 Å². The highest BCUT2D eigenvalue weighted by Gasteiger charge is 2.28. The van der Waals surface area contributed by atoms with Crippen molar-refractivity contribution in [1.82, 2.24) is 4.98 Å². The van der Waals surface area contributed by atoms with Gasteiger partial charge in [-0.05, 0) is 61.7 Å². The maximum atomic E-state index is 14.3. The van der Waals surface area contributed by atoms with Gasteiger partial charge in [-0.3, -0.25) is 9.59 Å². The van der Waals surface area contributed by atoms with Gasteiger partial charge in [0.05, 0.1) is 22.8 Å². The van der Waals surface area contributed by atoms with Crippen molar-refractivity contribution in [2.75, 3.05) is 40.1 Å². The van der Waals surface area contributed by atoms with Crippen LogP contribution in [0.2, 0.25) is 0 Å². The second-order valence-corrected chi connectivity index (χ2v) is 12.3. The molecule has 5 rings (SSSR count). The zero-order valence-electron chi connectivity index (χ0n) is 22.2. The van der Waals surface area contributed by atoms with Crippen molar-refractivity contribution in [3.05, 3.63) is 94.2 Å². The van der Waals surface area contributed by atoms with Crippen LogP contribution in [0.4, 0.5) is 21.6 Å². The second kappa shape index (κ2) is 12.2. The average Bonchev–Trinajstić information content (AvgIpc) is 3.33. The van der Waals surface area contributed by atoms with Crippen LogP contribution in [0.15, 0.2) is 66.7 Å². The highest BCUT2D eigenvalue weighted by Crippen LogP contribution is 2.42. The summed E-state index contributed by atoms with van der Waals surface area (Å²) in [6.07, 6.45) is 0.541. The zero-order chi connectivity index (χ0) is 28.2. The summed E-state index contributed by atoms with van der Waals surface area (Å²) in [5, 5.41) is 5.88. The quantitative estimate of drug-likeness (QED) is 0.255. The molecular formula is C30H29FN4O3S2. The number of hydrogen-bond donors (Lipinski definition) is 2. The summed E-state index contributed by atoms with van der Waals surface area (Å²) in [7, 11) is 0. The summed E-state index contributed by atoms with van der Waals surface area (Å²) >= 11 is 0.448. The third kappa shape index (κ3) is 5.89. The number of nitrogens with zero attached hydrogens (tertiary/aromatic N) is 2. The fraction of sp³-hybridized carbons (Fsp3) is 0.233. The number of amides is 2. The van der Waals surface area contributed by atoms with E-state index in [1.807, 2.05) is 37.3 Å². The molecule has 1 aliphatic rings. The Morgan fingerprint density at radius 3 is 2.73 bits per heavy atom. The summed E-state index contributed by atoms with van der Waals surface area (Å²) in [6.45, 7) is 4.54. The maximum Gasteiger partial charge on any atom is 0.276 e. The van der Waals surface area contributed by atoms with Crippen molar-refractivity contribution in [3.8, 4) is 10.4 Å². The predicted octanol–water partition coefficient (Wildman–Crippen LogP) is 5.89. The van der Waals surface area contributed by atoms with Crippen molar-refractivity contribution >= 4 is 51.5 Å². The largest absolute Gasteiger partial charge is 0.616 e. The molecule has 2 N–H and O–H groups in total. The van der Waals surface area contributed by atoms with Crippen LogP contribution in [-0.2, 0) is 17.6 Å². The molecule has 10 heteroatoms. The van der Waals surface area contributed by atoms with Crippen LogP contribution in [0.3, 0.4) is 0 Å². The van der Waals surface area contributed by atoms with Gasteiger partial charge in [0, 0.05) is 17.0 Å². The third-order valence-electron chi connectivity index (χ3n) is 6.71. The molecule has 2 amide bonds. The van der Waals surface area contributed by atoms with Crippen LogP contribution in [-0.4, -0.2) is 45.9 Å². The second-order valence-electron chi connectivity index (χ2n) is 9.34. The minimum absolute atomic E-state index is 0.177. The molecule has 0 spiro atoms. The first-order chi connectivity index (χ1) is 19.4. The summed E-state index contributed by atoms with van der Waals surface area (Å²) in [5.41, 5.74) is 3.68. The molecule has 0 fully saturated rings. The minimum Gasteiger partial charge on any atom is -0.616 e. The van der Waals surface area contributed by atoms with Gasteiger partial charge in [-0.1, -0.05) is 47.6 Å². The van der Waals surface area contributed by atoms with Gasteiger partial charge in [-0.2, -0.15) is 0 Å². The summed E-state index contributed by atoms with van der Waals surface area (Å²) < 4.78 is 26.1. The predicted molar refractivity (Wildman–Crippen MR) is 161 cm³/mol. The van der Waals surface area contributed by atoms with Gasteiger partial charge >= 0.3 is 0 Å². The molecule has 0 aliphatic carbocycles. The first-order valence-corrected chi connectivity index (χ1v) is 15.3. The lowest BCUT2D eigenvalue weighted by molar-refractivity contribution is 0.0981. The lowest BCUT2D eigenvalue weighted by atomic mass is 10.1. The number of thiophene rings is 1. The molecule has 3 heterocycles. The Hall–Kier alpha value is -3.73. The number of aromatic nitrogens is 1. The number of benzene rings is 2. The molecular weight excluding hydrogens is 547 g/mol. The van der Waals surface area contributed by atoms with E-state index in [-0.39, 0.29) is 17.5 Å². The molecule has 0 radical (unpaired) electrons. The van der Waals surface area contributed by atoms with Gasteiger partial charge in [-0.25, -0.2) is 9.37 Å². The van der Waals surface area contributed by atoms with Gasteiger partial charge in [0.25, 0.3) is 11.8 Å². The molecule has 2 aromatic heterocycles. The molecule has 0 bridgehead atoms. The van der Waals surface area contributed by atoms with Gasteiger partial charge in [0.1, 0.15) is 28.8 Å². The number of pyridine rings is 1. The number of aryl methyl sites for hydroxylation is 1. The Bertz CT molecular complexity index is 1540. The molecule has 1 aliphatic heterocycles. The van der Waals surface area contributed by atoms with Crippen molar-refractivity contribution in [2.24, 2.45) is 0 Å². The number of carbonyl (C=O) groups is 2. The van der Waals surface area contributed by atoms with Crippen molar-refractivity contribution in [2.45, 2.75) is 20.3 Å². The monoisotopic (exact) mass is 576 g/mol. The number of fused-ring (bicyclic) bond motifs is 3. The molecule has 0 saturated carbocycles. The number of halogens is 1. The molecule has 7 nitrogen and oxygen atoms in total. The number of nitrogens with one attached hydrogen (secondary N) is 2. The van der Waals surface area contributed by atoms with Crippen LogP contribution < -0.4 is 15.5 Å². The van der Waals surface area contributed by atoms with Crippen molar-refractivity contribution in [3.63, 3.8) is 0 Å². The van der Waals surface area contributed by atoms with E-state index < -0.39 is 17.0 Å². The van der Waals surface area contributed by atoms with Gasteiger partial charge in [0.15, 0.2) is 0 Å². The Morgan fingerprint density at radius 2 is 1.93 bits per heavy atom. The Labute approximate surface area is 239 Å². The number of carbonyl (C=O) groups excluding carboxylic acids is 2. The zero-order valence-corrected chi connectivity index (χ0v) is 23.8. The lowest BCUT2D eigenvalue weighted by Gasteiger charge is -2.23. The van der Waals surface area contributed by atoms with Crippen LogP contribution in [0.25, 0.3) is 10.4 Å². The highest BCUT2D eigenvalue weighted by molar-refractivity contribution is 7.91. The normalized spacial score (nSPS) is 13.2. The molecule has 1 atom stereocenters. The minimum atomic E-state index is -0.885. The van der Waals surface area contributed by atoms with Crippen LogP contribution in [0.5, 0.6) is 0 Å². The Morgan fingerprint density at radius 1 is 1.12 bits per heavy atom. The standard InChI is InChI=1S/C30H29FN4O3S2/c1-3-40(38)17-15-32-26-13-7-11-23(33-26)30(37)35-16-14-20-18-25(39-28(20)21-9-4-5-12-24(21)35)29(36)34-27-19(2)8-6-10-22(27)31/h4-13,18H,3,14-17H2,1-2H3,(H,32,33)(H,34,36). The van der Waals surface area contributed by atoms with E-state index in [4.69, 9.17) is 0 Å². The molecule has 0 saturated heterocycles. The number of anilines is 3. The summed E-state index contributed by atoms with van der Waals surface area (Å²) in [5.74, 6) is 0.601. The average molecular weight is 577 g/mol. The van der Waals surface area contributed by atoms with Gasteiger partial charge in [-0.15, -0.1) is 11.3 Å². The van der Waals surface area contributed by atoms with E-state index in [1.54, 1.807) is 42.2 Å².